The van der Waals surface area contributed by atoms with Crippen LogP contribution in [0.5, 0.6) is 0 Å². The number of unbranched alkanes of at least 4 members (excludes halogenated alkanes) is 3. The lowest BCUT2D eigenvalue weighted by molar-refractivity contribution is -0.0503. The molecule has 0 bridgehead atoms. The van der Waals surface area contributed by atoms with Crippen molar-refractivity contribution >= 4 is 32.6 Å². The van der Waals surface area contributed by atoms with Crippen LogP contribution in [0.15, 0.2) is 12.7 Å². The van der Waals surface area contributed by atoms with Gasteiger partial charge in [-0.2, -0.15) is 4.31 Å². The summed E-state index contributed by atoms with van der Waals surface area (Å²) in [7, 11) is -10.4. The molecule has 1 saturated heterocycles. The summed E-state index contributed by atoms with van der Waals surface area (Å²) < 4.78 is 36.8. The molecule has 0 aliphatic carbocycles. The van der Waals surface area contributed by atoms with Crippen molar-refractivity contribution in [1.29, 1.82) is 0 Å². The molecule has 3 rings (SSSR count). The average Bonchev–Trinajstić information content (AvgIpc) is 3.28. The molecule has 0 spiro atoms. The van der Waals surface area contributed by atoms with Crippen LogP contribution in [0.1, 0.15) is 38.8 Å². The Hall–Kier alpha value is -1.55. The van der Waals surface area contributed by atoms with Crippen molar-refractivity contribution in [3.05, 3.63) is 12.7 Å². The number of phosphoric ester groups is 1. The first-order valence-corrected chi connectivity index (χ1v) is 13.3. The lowest BCUT2D eigenvalue weighted by Crippen LogP contribution is -2.33. The molecule has 194 valence electrons. The average molecular weight is 528 g/mol. The topological polar surface area (TPSA) is 259 Å². The molecule has 0 saturated carbocycles. The van der Waals surface area contributed by atoms with E-state index in [1.165, 1.54) is 36.6 Å². The van der Waals surface area contributed by atoms with Crippen molar-refractivity contribution in [3.8, 4) is 0 Å². The highest BCUT2D eigenvalue weighted by Gasteiger charge is 2.46. The summed E-state index contributed by atoms with van der Waals surface area (Å²) in [4.78, 5) is 38.1. The van der Waals surface area contributed by atoms with Gasteiger partial charge in [0.15, 0.2) is 17.7 Å². The van der Waals surface area contributed by atoms with Gasteiger partial charge >= 0.3 is 15.6 Å². The molecule has 2 aromatic heterocycles. The summed E-state index contributed by atoms with van der Waals surface area (Å²) in [6, 6.07) is 0. The molecule has 1 unspecified atom stereocenters. The number of aliphatic hydroxyl groups is 2. The van der Waals surface area contributed by atoms with E-state index < -0.39 is 46.8 Å². The van der Waals surface area contributed by atoms with E-state index in [-0.39, 0.29) is 17.0 Å². The van der Waals surface area contributed by atoms with Crippen molar-refractivity contribution in [2.75, 3.05) is 18.9 Å². The Morgan fingerprint density at radius 3 is 2.44 bits per heavy atom. The van der Waals surface area contributed by atoms with Crippen LogP contribution in [0, 0.1) is 0 Å². The van der Waals surface area contributed by atoms with E-state index in [4.69, 9.17) is 26.0 Å². The maximum atomic E-state index is 11.5. The number of rotatable bonds is 10. The van der Waals surface area contributed by atoms with Crippen LogP contribution in [-0.4, -0.2) is 75.9 Å². The van der Waals surface area contributed by atoms with Crippen LogP contribution in [0.25, 0.3) is 11.2 Å². The summed E-state index contributed by atoms with van der Waals surface area (Å²) in [5.41, 5.74) is 11.4. The van der Waals surface area contributed by atoms with Gasteiger partial charge in [0.2, 0.25) is 0 Å². The lowest BCUT2D eigenvalue weighted by Gasteiger charge is -2.17. The standard InChI is InChI=1S/C10H15N5O10P2.C6H15N/c11-8-5-9(13-2-12-8)15(3-14-5)10-7(17)6(16)4(24-10)1-23-27(21,22)25-26(18,19)20;1-2-3-4-5-6-7/h2-4,6-7,10,16-17H,1H2,(H,21,22)(H2,11,12,13)(H2,18,19,20);2-7H2,1H3/t4-,6-,7-,10-;/m1./s1. The summed E-state index contributed by atoms with van der Waals surface area (Å²) in [6.45, 7) is 2.25. The molecule has 16 nitrogen and oxygen atoms in total. The highest BCUT2D eigenvalue weighted by molar-refractivity contribution is 7.60. The van der Waals surface area contributed by atoms with Crippen molar-refractivity contribution in [3.63, 3.8) is 0 Å². The molecular formula is C16H30N6O10P2. The Morgan fingerprint density at radius 2 is 1.82 bits per heavy atom. The van der Waals surface area contributed by atoms with Gasteiger partial charge in [0, 0.05) is 0 Å². The minimum Gasteiger partial charge on any atom is -0.387 e. The Morgan fingerprint density at radius 1 is 1.12 bits per heavy atom. The number of phosphoric acid groups is 2. The summed E-state index contributed by atoms with van der Waals surface area (Å²) >= 11 is 0. The third kappa shape index (κ3) is 8.00. The molecule has 0 radical (unpaired) electrons. The molecule has 2 aromatic rings. The van der Waals surface area contributed by atoms with Gasteiger partial charge in [0.1, 0.15) is 30.2 Å². The van der Waals surface area contributed by atoms with Gasteiger partial charge in [-0.1, -0.05) is 26.2 Å². The number of fused-ring (bicyclic) bond motifs is 1. The van der Waals surface area contributed by atoms with Crippen LogP contribution in [0.2, 0.25) is 0 Å². The number of aliphatic hydroxyl groups excluding tert-OH is 2. The SMILES string of the molecule is CCCCCCN.Nc1ncnc2c1ncn2[C@@H]1O[C@H](COP(=O)(O)OP(=O)(O)O)[C@@H](O)[C@H]1O. The van der Waals surface area contributed by atoms with Crippen LogP contribution < -0.4 is 11.5 Å². The largest absolute Gasteiger partial charge is 0.481 e. The molecule has 18 heteroatoms. The smallest absolute Gasteiger partial charge is 0.387 e. The molecule has 1 aliphatic heterocycles. The van der Waals surface area contributed by atoms with Gasteiger partial charge in [-0.15, -0.1) is 0 Å². The van der Waals surface area contributed by atoms with Gasteiger partial charge in [-0.25, -0.2) is 24.1 Å². The number of ether oxygens (including phenoxy) is 1. The Bertz CT molecular complexity index is 1020. The van der Waals surface area contributed by atoms with Crippen LogP contribution >= 0.6 is 15.6 Å². The number of anilines is 1. The van der Waals surface area contributed by atoms with Crippen LogP contribution in [-0.2, 0) is 22.7 Å². The number of nitrogen functional groups attached to an aromatic ring is 1. The first-order chi connectivity index (χ1) is 15.9. The number of imidazole rings is 1. The fourth-order valence-electron chi connectivity index (χ4n) is 3.05. The minimum atomic E-state index is -5.29. The fourth-order valence-corrected chi connectivity index (χ4v) is 4.65. The number of aromatic nitrogens is 4. The van der Waals surface area contributed by atoms with E-state index in [0.29, 0.717) is 0 Å². The van der Waals surface area contributed by atoms with E-state index in [1.54, 1.807) is 0 Å². The molecular weight excluding hydrogens is 498 g/mol. The Labute approximate surface area is 194 Å². The maximum Gasteiger partial charge on any atom is 0.481 e. The van der Waals surface area contributed by atoms with Crippen molar-refractivity contribution in [2.45, 2.75) is 57.1 Å². The van der Waals surface area contributed by atoms with E-state index in [2.05, 4.69) is 30.7 Å². The summed E-state index contributed by atoms with van der Waals surface area (Å²) in [5.74, 6) is 0.0856. The Kier molecular flexibility index (Phi) is 10.5. The third-order valence-corrected chi connectivity index (χ3v) is 6.82. The Balaban J connectivity index is 0.000000509. The molecule has 0 aromatic carbocycles. The predicted molar refractivity (Wildman–Crippen MR) is 118 cm³/mol. The van der Waals surface area contributed by atoms with Crippen molar-refractivity contribution < 1.29 is 47.6 Å². The van der Waals surface area contributed by atoms with Crippen LogP contribution in [0.3, 0.4) is 0 Å². The number of nitrogens with zero attached hydrogens (tertiary/aromatic N) is 4. The molecule has 0 amide bonds. The molecule has 5 atom stereocenters. The third-order valence-electron chi connectivity index (χ3n) is 4.67. The van der Waals surface area contributed by atoms with Gasteiger partial charge in [0.05, 0.1) is 12.9 Å². The second kappa shape index (κ2) is 12.4. The summed E-state index contributed by atoms with van der Waals surface area (Å²) in [5, 5.41) is 20.3. The fraction of sp³-hybridized carbons (Fsp3) is 0.688. The highest BCUT2D eigenvalue weighted by Crippen LogP contribution is 2.57. The monoisotopic (exact) mass is 528 g/mol. The highest BCUT2D eigenvalue weighted by atomic mass is 31.3. The first-order valence-electron chi connectivity index (χ1n) is 10.3. The molecule has 3 heterocycles. The molecule has 34 heavy (non-hydrogen) atoms. The first kappa shape index (κ1) is 28.7. The molecule has 1 fully saturated rings. The normalized spacial score (nSPS) is 24.6. The maximum absolute atomic E-state index is 11.5. The van der Waals surface area contributed by atoms with Gasteiger partial charge in [0.25, 0.3) is 0 Å². The second-order valence-corrected chi connectivity index (χ2v) is 10.1. The number of hydrogen-bond donors (Lipinski definition) is 7. The van der Waals surface area contributed by atoms with E-state index in [9.17, 15) is 24.2 Å². The number of hydrogen-bond acceptors (Lipinski definition) is 12. The zero-order valence-corrected chi connectivity index (χ0v) is 20.1. The van der Waals surface area contributed by atoms with Crippen molar-refractivity contribution in [1.82, 2.24) is 19.5 Å². The zero-order chi connectivity index (χ0) is 25.5. The van der Waals surface area contributed by atoms with Crippen LogP contribution in [0.4, 0.5) is 5.82 Å². The lowest BCUT2D eigenvalue weighted by atomic mass is 10.1. The van der Waals surface area contributed by atoms with Gasteiger partial charge in [-0.3, -0.25) is 9.09 Å². The predicted octanol–water partition coefficient (Wildman–Crippen LogP) is -0.221. The zero-order valence-electron chi connectivity index (χ0n) is 18.3. The second-order valence-electron chi connectivity index (χ2n) is 7.32. The van der Waals surface area contributed by atoms with Gasteiger partial charge < -0.3 is 41.1 Å². The molecule has 1 aliphatic rings. The van der Waals surface area contributed by atoms with E-state index >= 15 is 0 Å². The number of nitrogens with two attached hydrogens (primary N) is 2. The van der Waals surface area contributed by atoms with E-state index in [0.717, 1.165) is 12.9 Å². The van der Waals surface area contributed by atoms with Crippen molar-refractivity contribution in [2.24, 2.45) is 5.73 Å². The quantitative estimate of drug-likeness (QED) is 0.155. The minimum absolute atomic E-state index is 0.0856. The van der Waals surface area contributed by atoms with Gasteiger partial charge in [-0.05, 0) is 13.0 Å². The summed E-state index contributed by atoms with van der Waals surface area (Å²) in [6.07, 6.45) is 1.96. The van der Waals surface area contributed by atoms with E-state index in [1.807, 2.05) is 0 Å². The molecule has 9 N–H and O–H groups in total.